The molecule has 0 amide bonds. The Hall–Kier alpha value is -0.750. The van der Waals surface area contributed by atoms with Crippen LogP contribution < -0.4 is 0 Å². The Kier molecular flexibility index (Phi) is 2.42. The molecule has 0 N–H and O–H groups in total. The monoisotopic (exact) mass is 182 g/mol. The minimum Gasteiger partial charge on any atom is -0.122 e. The molecule has 0 saturated heterocycles. The summed E-state index contributed by atoms with van der Waals surface area (Å²) in [5.74, 6) is -1.76. The van der Waals surface area contributed by atoms with Crippen LogP contribution in [0.3, 0.4) is 0 Å². The van der Waals surface area contributed by atoms with Gasteiger partial charge in [0.25, 0.3) is 0 Å². The number of hydrogen-bond donors (Lipinski definition) is 0. The van der Waals surface area contributed by atoms with E-state index in [2.05, 4.69) is 0 Å². The normalized spacial score (nSPS) is 15.4. The van der Waals surface area contributed by atoms with Gasteiger partial charge in [0, 0.05) is 8.57 Å². The molecule has 0 aliphatic rings. The zero-order valence-electron chi connectivity index (χ0n) is 9.26. The fourth-order valence-electron chi connectivity index (χ4n) is 1.01. The van der Waals surface area contributed by atoms with E-state index in [9.17, 15) is 0 Å². The van der Waals surface area contributed by atoms with E-state index in [4.69, 9.17) is 14.3 Å². The molecule has 0 atom stereocenters. The first-order valence-corrected chi connectivity index (χ1v) is 4.22. The van der Waals surface area contributed by atoms with Gasteiger partial charge < -0.3 is 0 Å². The van der Waals surface area contributed by atoms with Gasteiger partial charge in [-0.1, -0.05) is 35.9 Å². The van der Waals surface area contributed by atoms with Crippen molar-refractivity contribution < 1.29 is 2.74 Å². The lowest BCUT2D eigenvalue weighted by atomic mass is 10.1. The van der Waals surface area contributed by atoms with Crippen LogP contribution in [-0.2, 0) is 0 Å². The highest BCUT2D eigenvalue weighted by molar-refractivity contribution is 6.19. The fourth-order valence-corrected chi connectivity index (χ4v) is 1.06. The summed E-state index contributed by atoms with van der Waals surface area (Å²) in [5.41, 5.74) is 2.65. The molecular weight excluding hydrogens is 168 g/mol. The summed E-state index contributed by atoms with van der Waals surface area (Å²) in [5, 5.41) is 0. The lowest BCUT2D eigenvalue weighted by Gasteiger charge is -2.00. The molecule has 0 unspecified atom stereocenters. The summed E-state index contributed by atoms with van der Waals surface area (Å²) >= 11 is 5.55. The Labute approximate surface area is 81.7 Å². The second kappa shape index (κ2) is 4.32. The molecule has 0 bridgehead atoms. The largest absolute Gasteiger partial charge is 0.122 e. The average molecular weight is 183 g/mol. The first-order valence-electron chi connectivity index (χ1n) is 4.84. The second-order valence-electron chi connectivity index (χ2n) is 2.78. The maximum Gasteiger partial charge on any atom is 0.0482 e. The van der Waals surface area contributed by atoms with Crippen molar-refractivity contribution in [1.82, 2.24) is 0 Å². The van der Waals surface area contributed by atoms with Crippen molar-refractivity contribution in [3.8, 4) is 0 Å². The Morgan fingerprint density at radius 1 is 1.58 bits per heavy atom. The molecular formula is C11H13Cl. The molecule has 0 saturated carbocycles. The summed E-state index contributed by atoms with van der Waals surface area (Å²) < 4.78 is 14.6. The van der Waals surface area contributed by atoms with Crippen molar-refractivity contribution >= 4 is 17.7 Å². The standard InChI is InChI=1S/C11H13Cl/c1-9(8-12)7-11-6-4-3-5-10(11)2/h3-7H,8H2,1-2H3/b9-7+/i8D2. The van der Waals surface area contributed by atoms with Crippen LogP contribution in [0.5, 0.6) is 0 Å². The van der Waals surface area contributed by atoms with Gasteiger partial charge in [0.15, 0.2) is 0 Å². The van der Waals surface area contributed by atoms with E-state index in [0.29, 0.717) is 5.57 Å². The number of rotatable bonds is 2. The van der Waals surface area contributed by atoms with Crippen LogP contribution in [0.1, 0.15) is 20.8 Å². The number of alkyl halides is 1. The minimum atomic E-state index is -1.76. The van der Waals surface area contributed by atoms with Gasteiger partial charge in [0.1, 0.15) is 0 Å². The fraction of sp³-hybridized carbons (Fsp3) is 0.273. The first-order chi connectivity index (χ1) is 6.41. The van der Waals surface area contributed by atoms with Crippen LogP contribution in [-0.4, -0.2) is 5.83 Å². The van der Waals surface area contributed by atoms with Gasteiger partial charge in [-0.05, 0) is 25.0 Å². The molecule has 1 rings (SSSR count). The van der Waals surface area contributed by atoms with Crippen molar-refractivity contribution in [3.05, 3.63) is 41.0 Å². The molecule has 0 fully saturated rings. The molecule has 1 aromatic rings. The quantitative estimate of drug-likeness (QED) is 0.613. The third-order valence-corrected chi connectivity index (χ3v) is 2.01. The highest BCUT2D eigenvalue weighted by atomic mass is 35.5. The zero-order chi connectivity index (χ0) is 10.8. The van der Waals surface area contributed by atoms with Crippen molar-refractivity contribution in [2.24, 2.45) is 0 Å². The van der Waals surface area contributed by atoms with Crippen molar-refractivity contribution in [3.63, 3.8) is 0 Å². The molecule has 0 spiro atoms. The Bertz CT molecular complexity index is 351. The van der Waals surface area contributed by atoms with Crippen molar-refractivity contribution in [2.75, 3.05) is 5.83 Å². The smallest absolute Gasteiger partial charge is 0.0482 e. The van der Waals surface area contributed by atoms with Crippen LogP contribution in [0.4, 0.5) is 0 Å². The molecule has 12 heavy (non-hydrogen) atoms. The number of allylic oxidation sites excluding steroid dienone is 1. The van der Waals surface area contributed by atoms with E-state index in [0.717, 1.165) is 11.1 Å². The molecule has 1 heteroatoms. The van der Waals surface area contributed by atoms with Gasteiger partial charge in [-0.25, -0.2) is 0 Å². The summed E-state index contributed by atoms with van der Waals surface area (Å²) in [6, 6.07) is 7.82. The lowest BCUT2D eigenvalue weighted by Crippen LogP contribution is -1.81. The van der Waals surface area contributed by atoms with Gasteiger partial charge in [-0.3, -0.25) is 0 Å². The first kappa shape index (κ1) is 6.73. The van der Waals surface area contributed by atoms with E-state index < -0.39 is 5.83 Å². The minimum absolute atomic E-state index is 0.522. The van der Waals surface area contributed by atoms with E-state index >= 15 is 0 Å². The van der Waals surface area contributed by atoms with E-state index in [1.165, 1.54) is 0 Å². The van der Waals surface area contributed by atoms with E-state index in [1.807, 2.05) is 31.2 Å². The van der Waals surface area contributed by atoms with Gasteiger partial charge in [-0.2, -0.15) is 0 Å². The Morgan fingerprint density at radius 3 is 2.83 bits per heavy atom. The Morgan fingerprint density at radius 2 is 2.25 bits per heavy atom. The molecule has 0 nitrogen and oxygen atoms in total. The summed E-state index contributed by atoms with van der Waals surface area (Å²) in [7, 11) is 0. The van der Waals surface area contributed by atoms with Crippen LogP contribution in [0.2, 0.25) is 0 Å². The average Bonchev–Trinajstić information content (AvgIpc) is 2.07. The summed E-state index contributed by atoms with van der Waals surface area (Å²) in [4.78, 5) is 0. The highest BCUT2D eigenvalue weighted by Gasteiger charge is 1.92. The molecule has 64 valence electrons. The summed E-state index contributed by atoms with van der Waals surface area (Å²) in [6.45, 7) is 3.68. The molecule has 0 aliphatic carbocycles. The van der Waals surface area contributed by atoms with Gasteiger partial charge >= 0.3 is 0 Å². The van der Waals surface area contributed by atoms with E-state index in [1.54, 1.807) is 13.0 Å². The molecule has 0 aliphatic heterocycles. The van der Waals surface area contributed by atoms with Crippen LogP contribution in [0.25, 0.3) is 6.08 Å². The SMILES string of the molecule is [2H]C([2H])(Cl)/C(C)=C/c1ccccc1C. The maximum atomic E-state index is 7.32. The van der Waals surface area contributed by atoms with Crippen molar-refractivity contribution in [1.29, 1.82) is 0 Å². The molecule has 1 aromatic carbocycles. The van der Waals surface area contributed by atoms with Crippen molar-refractivity contribution in [2.45, 2.75) is 13.8 Å². The number of benzene rings is 1. The highest BCUT2D eigenvalue weighted by Crippen LogP contribution is 2.12. The predicted molar refractivity (Wildman–Crippen MR) is 55.6 cm³/mol. The zero-order valence-corrected chi connectivity index (χ0v) is 8.02. The molecule has 0 heterocycles. The van der Waals surface area contributed by atoms with Gasteiger partial charge in [0.05, 0.1) is 0 Å². The molecule has 0 radical (unpaired) electrons. The van der Waals surface area contributed by atoms with E-state index in [-0.39, 0.29) is 0 Å². The number of hydrogen-bond acceptors (Lipinski definition) is 0. The van der Waals surface area contributed by atoms with Gasteiger partial charge in [0.2, 0.25) is 0 Å². The van der Waals surface area contributed by atoms with Crippen LogP contribution >= 0.6 is 11.6 Å². The third kappa shape index (κ3) is 2.38. The maximum absolute atomic E-state index is 7.32. The summed E-state index contributed by atoms with van der Waals surface area (Å²) in [6.07, 6.45) is 1.78. The predicted octanol–water partition coefficient (Wildman–Crippen LogP) is 3.64. The number of halogens is 1. The van der Waals surface area contributed by atoms with Crippen LogP contribution in [0.15, 0.2) is 29.8 Å². The number of aryl methyl sites for hydroxylation is 1. The third-order valence-electron chi connectivity index (χ3n) is 1.71. The van der Waals surface area contributed by atoms with Crippen LogP contribution in [0, 0.1) is 6.92 Å². The topological polar surface area (TPSA) is 0 Å². The second-order valence-corrected chi connectivity index (χ2v) is 2.97. The lowest BCUT2D eigenvalue weighted by molar-refractivity contribution is 1.39. The Balaban J connectivity index is 3.04. The van der Waals surface area contributed by atoms with Gasteiger partial charge in [-0.15, -0.1) is 11.6 Å². The molecule has 0 aromatic heterocycles.